The van der Waals surface area contributed by atoms with E-state index in [-0.39, 0.29) is 11.7 Å². The van der Waals surface area contributed by atoms with Crippen molar-refractivity contribution in [3.63, 3.8) is 0 Å². The molecule has 0 saturated heterocycles. The second-order valence-corrected chi connectivity index (χ2v) is 6.02. The Morgan fingerprint density at radius 2 is 2.26 bits per heavy atom. The molecule has 3 atom stereocenters. The molecule has 0 bridgehead atoms. The predicted molar refractivity (Wildman–Crippen MR) is 67.7 cm³/mol. The molecule has 4 nitrogen and oxygen atoms in total. The van der Waals surface area contributed by atoms with Gasteiger partial charge in [0.25, 0.3) is 0 Å². The first-order chi connectivity index (χ1) is 8.97. The van der Waals surface area contributed by atoms with Crippen LogP contribution in [-0.2, 0) is 16.0 Å². The molecule has 0 N–H and O–H groups in total. The van der Waals surface area contributed by atoms with Crippen LogP contribution in [0.4, 0.5) is 0 Å². The van der Waals surface area contributed by atoms with Gasteiger partial charge in [0, 0.05) is 11.8 Å². The number of furan rings is 1. The Hall–Kier alpha value is -1.58. The summed E-state index contributed by atoms with van der Waals surface area (Å²) in [5.41, 5.74) is -0.892. The minimum absolute atomic E-state index is 0.124. The first-order valence-corrected chi connectivity index (χ1v) is 6.67. The van der Waals surface area contributed by atoms with Crippen LogP contribution in [-0.4, -0.2) is 18.9 Å². The van der Waals surface area contributed by atoms with Gasteiger partial charge in [0.15, 0.2) is 5.78 Å². The number of carbonyl (C=O) groups excluding carboxylic acids is 2. The van der Waals surface area contributed by atoms with Gasteiger partial charge >= 0.3 is 5.97 Å². The van der Waals surface area contributed by atoms with Crippen molar-refractivity contribution >= 4 is 11.8 Å². The van der Waals surface area contributed by atoms with Crippen LogP contribution >= 0.6 is 0 Å². The fourth-order valence-electron chi connectivity index (χ4n) is 4.00. The van der Waals surface area contributed by atoms with E-state index in [0.717, 1.165) is 6.42 Å². The fraction of sp³-hybridized carbons (Fsp3) is 0.600. The highest BCUT2D eigenvalue weighted by atomic mass is 16.5. The minimum Gasteiger partial charge on any atom is -0.469 e. The summed E-state index contributed by atoms with van der Waals surface area (Å²) in [4.78, 5) is 25.3. The van der Waals surface area contributed by atoms with Gasteiger partial charge in [-0.25, -0.2) is 0 Å². The van der Waals surface area contributed by atoms with Crippen molar-refractivity contribution < 1.29 is 18.7 Å². The second kappa shape index (κ2) is 3.71. The lowest BCUT2D eigenvalue weighted by Crippen LogP contribution is -2.54. The van der Waals surface area contributed by atoms with Crippen molar-refractivity contribution in [3.05, 3.63) is 23.7 Å². The molecule has 1 aromatic rings. The average molecular weight is 262 g/mol. The molecule has 0 aliphatic heterocycles. The van der Waals surface area contributed by atoms with Gasteiger partial charge < -0.3 is 9.15 Å². The topological polar surface area (TPSA) is 56.5 Å². The number of carbonyl (C=O) groups is 2. The number of methoxy groups -OCH3 is 1. The van der Waals surface area contributed by atoms with Crippen LogP contribution in [0.5, 0.6) is 0 Å². The molecule has 0 amide bonds. The van der Waals surface area contributed by atoms with Crippen LogP contribution in [0, 0.1) is 16.7 Å². The Morgan fingerprint density at radius 1 is 1.53 bits per heavy atom. The summed E-state index contributed by atoms with van der Waals surface area (Å²) < 4.78 is 10.4. The average Bonchev–Trinajstić information content (AvgIpc) is 2.94. The van der Waals surface area contributed by atoms with Gasteiger partial charge in [0.05, 0.1) is 18.9 Å². The van der Waals surface area contributed by atoms with E-state index in [0.29, 0.717) is 24.2 Å². The summed E-state index contributed by atoms with van der Waals surface area (Å²) in [6, 6.07) is 1.67. The molecule has 0 radical (unpaired) electrons. The molecule has 1 heterocycles. The van der Waals surface area contributed by atoms with E-state index in [4.69, 9.17) is 9.15 Å². The molecular formula is C15H18O4. The molecule has 2 aliphatic carbocycles. The van der Waals surface area contributed by atoms with E-state index in [1.165, 1.54) is 13.4 Å². The van der Waals surface area contributed by atoms with Crippen LogP contribution in [0.1, 0.15) is 42.8 Å². The summed E-state index contributed by atoms with van der Waals surface area (Å²) in [7, 11) is 1.36. The number of hydrogen-bond donors (Lipinski definition) is 0. The van der Waals surface area contributed by atoms with Crippen LogP contribution in [0.15, 0.2) is 16.7 Å². The van der Waals surface area contributed by atoms with Gasteiger partial charge in [0.1, 0.15) is 11.2 Å². The molecule has 1 fully saturated rings. The Labute approximate surface area is 112 Å². The molecule has 4 heteroatoms. The van der Waals surface area contributed by atoms with Gasteiger partial charge in [-0.3, -0.25) is 9.59 Å². The molecule has 0 aromatic carbocycles. The van der Waals surface area contributed by atoms with E-state index in [9.17, 15) is 9.59 Å². The van der Waals surface area contributed by atoms with Crippen LogP contribution < -0.4 is 0 Å². The predicted octanol–water partition coefficient (Wildman–Crippen LogP) is 2.61. The standard InChI is InChI=1S/C15H18O4/c1-9-4-6-15(13(17)18-3)12(16)10-5-7-19-11(10)8-14(9,15)2/h5,7,9H,4,6,8H2,1-3H3. The second-order valence-electron chi connectivity index (χ2n) is 6.02. The highest BCUT2D eigenvalue weighted by Crippen LogP contribution is 2.62. The summed E-state index contributed by atoms with van der Waals surface area (Å²) in [6.07, 6.45) is 3.59. The summed E-state index contributed by atoms with van der Waals surface area (Å²) in [5, 5.41) is 0. The number of esters is 1. The number of ether oxygens (including phenoxy) is 1. The minimum atomic E-state index is -1.03. The highest BCUT2D eigenvalue weighted by molar-refractivity contribution is 6.15. The first kappa shape index (κ1) is 12.5. The van der Waals surface area contributed by atoms with Crippen LogP contribution in [0.3, 0.4) is 0 Å². The van der Waals surface area contributed by atoms with E-state index in [2.05, 4.69) is 6.92 Å². The van der Waals surface area contributed by atoms with E-state index in [1.807, 2.05) is 6.92 Å². The third-order valence-corrected chi connectivity index (χ3v) is 5.45. The summed E-state index contributed by atoms with van der Waals surface area (Å²) in [6.45, 7) is 4.12. The summed E-state index contributed by atoms with van der Waals surface area (Å²) in [5.74, 6) is 0.479. The zero-order valence-corrected chi connectivity index (χ0v) is 11.5. The molecular weight excluding hydrogens is 244 g/mol. The van der Waals surface area contributed by atoms with Crippen LogP contribution in [0.25, 0.3) is 0 Å². The van der Waals surface area contributed by atoms with Crippen molar-refractivity contribution in [1.29, 1.82) is 0 Å². The molecule has 102 valence electrons. The summed E-state index contributed by atoms with van der Waals surface area (Å²) >= 11 is 0. The number of Topliss-reactive ketones (excluding diaryl/α,β-unsaturated/α-hetero) is 1. The van der Waals surface area contributed by atoms with Gasteiger partial charge in [-0.15, -0.1) is 0 Å². The van der Waals surface area contributed by atoms with Gasteiger partial charge in [-0.1, -0.05) is 13.8 Å². The van der Waals surface area contributed by atoms with Gasteiger partial charge in [0.2, 0.25) is 0 Å². The van der Waals surface area contributed by atoms with Crippen molar-refractivity contribution in [1.82, 2.24) is 0 Å². The van der Waals surface area contributed by atoms with E-state index < -0.39 is 16.8 Å². The zero-order chi connectivity index (χ0) is 13.8. The Kier molecular flexibility index (Phi) is 2.43. The zero-order valence-electron chi connectivity index (χ0n) is 11.5. The lowest BCUT2D eigenvalue weighted by molar-refractivity contribution is -0.156. The van der Waals surface area contributed by atoms with Crippen molar-refractivity contribution in [3.8, 4) is 0 Å². The third kappa shape index (κ3) is 1.24. The maximum Gasteiger partial charge on any atom is 0.320 e. The van der Waals surface area contributed by atoms with Gasteiger partial charge in [-0.2, -0.15) is 0 Å². The quantitative estimate of drug-likeness (QED) is 0.576. The Morgan fingerprint density at radius 3 is 2.95 bits per heavy atom. The highest BCUT2D eigenvalue weighted by Gasteiger charge is 2.67. The number of ketones is 1. The Bertz CT molecular complexity index is 558. The van der Waals surface area contributed by atoms with Crippen LogP contribution in [0.2, 0.25) is 0 Å². The SMILES string of the molecule is COC(=O)C12CCC(C)C1(C)Cc1occc1C2=O. The maximum atomic E-state index is 12.9. The number of fused-ring (bicyclic) bond motifs is 2. The smallest absolute Gasteiger partial charge is 0.320 e. The largest absolute Gasteiger partial charge is 0.469 e. The monoisotopic (exact) mass is 262 g/mol. The first-order valence-electron chi connectivity index (χ1n) is 6.67. The number of hydrogen-bond acceptors (Lipinski definition) is 4. The molecule has 19 heavy (non-hydrogen) atoms. The lowest BCUT2D eigenvalue weighted by atomic mass is 9.55. The molecule has 3 unspecified atom stereocenters. The van der Waals surface area contributed by atoms with Crippen molar-refractivity contribution in [2.75, 3.05) is 7.11 Å². The molecule has 2 aliphatic rings. The molecule has 1 saturated carbocycles. The third-order valence-electron chi connectivity index (χ3n) is 5.45. The lowest BCUT2D eigenvalue weighted by Gasteiger charge is -2.45. The van der Waals surface area contributed by atoms with E-state index >= 15 is 0 Å². The van der Waals surface area contributed by atoms with Gasteiger partial charge in [-0.05, 0) is 24.8 Å². The molecule has 1 aromatic heterocycles. The van der Waals surface area contributed by atoms with Crippen molar-refractivity contribution in [2.24, 2.45) is 16.7 Å². The molecule has 3 rings (SSSR count). The normalized spacial score (nSPS) is 36.8. The van der Waals surface area contributed by atoms with E-state index in [1.54, 1.807) is 6.07 Å². The maximum absolute atomic E-state index is 12.9. The molecule has 0 spiro atoms. The number of rotatable bonds is 1. The van der Waals surface area contributed by atoms with Crippen molar-refractivity contribution in [2.45, 2.75) is 33.1 Å². The Balaban J connectivity index is 2.24. The fourth-order valence-corrected chi connectivity index (χ4v) is 4.00.